The fraction of sp³-hybridized carbons (Fsp3) is 0.417. The smallest absolute Gasteiger partial charge is 0.409 e. The van der Waals surface area contributed by atoms with Gasteiger partial charge in [-0.2, -0.15) is 0 Å². The Morgan fingerprint density at radius 2 is 1.69 bits per heavy atom. The molecule has 192 valence electrons. The van der Waals surface area contributed by atoms with E-state index in [0.29, 0.717) is 10.9 Å². The second-order valence-corrected chi connectivity index (χ2v) is 8.12. The second-order valence-electron chi connectivity index (χ2n) is 8.12. The number of benzene rings is 1. The monoisotopic (exact) mass is 500 g/mol. The van der Waals surface area contributed by atoms with Gasteiger partial charge in [0, 0.05) is 38.0 Å². The van der Waals surface area contributed by atoms with Crippen molar-refractivity contribution in [1.82, 2.24) is 14.8 Å². The molecule has 1 aromatic carbocycles. The van der Waals surface area contributed by atoms with Crippen molar-refractivity contribution in [2.75, 3.05) is 39.9 Å². The summed E-state index contributed by atoms with van der Waals surface area (Å²) in [6.45, 7) is 2.70. The van der Waals surface area contributed by atoms with E-state index in [1.165, 1.54) is 9.80 Å². The summed E-state index contributed by atoms with van der Waals surface area (Å²) in [6, 6.07) is 6.50. The average molecular weight is 501 g/mol. The molecule has 1 saturated heterocycles. The van der Waals surface area contributed by atoms with Crippen molar-refractivity contribution < 1.29 is 38.6 Å². The van der Waals surface area contributed by atoms with Gasteiger partial charge in [-0.05, 0) is 19.4 Å². The number of methoxy groups -OCH3 is 1. The first-order chi connectivity index (χ1) is 17.2. The lowest BCUT2D eigenvalue weighted by Crippen LogP contribution is -2.52. The van der Waals surface area contributed by atoms with Crippen LogP contribution < -0.4 is 5.73 Å². The molecular formula is C24H28N4O8. The molecule has 0 aliphatic carbocycles. The molecule has 1 fully saturated rings. The Hall–Kier alpha value is -4.22. The van der Waals surface area contributed by atoms with E-state index in [-0.39, 0.29) is 62.4 Å². The largest absolute Gasteiger partial charge is 0.481 e. The summed E-state index contributed by atoms with van der Waals surface area (Å²) in [5.74, 6) is -4.64. The Morgan fingerprint density at radius 1 is 1.06 bits per heavy atom. The van der Waals surface area contributed by atoms with Gasteiger partial charge < -0.3 is 30.1 Å². The fourth-order valence-corrected chi connectivity index (χ4v) is 4.24. The number of carbonyl (C=O) groups is 5. The number of pyridine rings is 1. The van der Waals surface area contributed by atoms with Gasteiger partial charge in [0.05, 0.1) is 42.0 Å². The highest BCUT2D eigenvalue weighted by molar-refractivity contribution is 6.14. The minimum absolute atomic E-state index is 0.0827. The molecule has 2 heterocycles. The number of carboxylic acids is 1. The van der Waals surface area contributed by atoms with E-state index in [9.17, 15) is 29.1 Å². The number of aromatic nitrogens is 1. The van der Waals surface area contributed by atoms with Crippen molar-refractivity contribution in [3.63, 3.8) is 0 Å². The zero-order valence-corrected chi connectivity index (χ0v) is 20.1. The quantitative estimate of drug-likeness (QED) is 0.508. The molecule has 0 bridgehead atoms. The Balaban J connectivity index is 2.08. The van der Waals surface area contributed by atoms with Crippen molar-refractivity contribution in [3.05, 3.63) is 41.1 Å². The minimum Gasteiger partial charge on any atom is -0.481 e. The van der Waals surface area contributed by atoms with Gasteiger partial charge in [-0.15, -0.1) is 0 Å². The lowest BCUT2D eigenvalue weighted by atomic mass is 9.89. The highest BCUT2D eigenvalue weighted by atomic mass is 16.6. The van der Waals surface area contributed by atoms with Crippen LogP contribution in [-0.4, -0.2) is 89.6 Å². The van der Waals surface area contributed by atoms with E-state index in [0.717, 1.165) is 7.11 Å². The molecule has 0 saturated carbocycles. The molecule has 3 amide bonds. The molecule has 1 aliphatic heterocycles. The molecular weight excluding hydrogens is 472 g/mol. The summed E-state index contributed by atoms with van der Waals surface area (Å²) in [6.07, 6.45) is -1.06. The number of fused-ring (bicyclic) bond motifs is 1. The number of carbonyl (C=O) groups excluding carboxylic acids is 4. The van der Waals surface area contributed by atoms with Gasteiger partial charge in [0.15, 0.2) is 0 Å². The molecule has 12 nitrogen and oxygen atoms in total. The molecule has 1 atom stereocenters. The molecule has 1 unspecified atom stereocenters. The van der Waals surface area contributed by atoms with Crippen LogP contribution in [0, 0.1) is 0 Å². The van der Waals surface area contributed by atoms with Crippen molar-refractivity contribution >= 4 is 40.7 Å². The van der Waals surface area contributed by atoms with Crippen LogP contribution in [0.4, 0.5) is 4.79 Å². The first kappa shape index (κ1) is 26.4. The Bertz CT molecular complexity index is 1190. The molecule has 3 N–H and O–H groups in total. The lowest BCUT2D eigenvalue weighted by Gasteiger charge is -2.36. The molecule has 0 spiro atoms. The summed E-state index contributed by atoms with van der Waals surface area (Å²) in [4.78, 5) is 69.8. The zero-order chi connectivity index (χ0) is 26.4. The van der Waals surface area contributed by atoms with Gasteiger partial charge >= 0.3 is 18.0 Å². The van der Waals surface area contributed by atoms with E-state index >= 15 is 0 Å². The van der Waals surface area contributed by atoms with Gasteiger partial charge in [-0.3, -0.25) is 19.4 Å². The van der Waals surface area contributed by atoms with Crippen molar-refractivity contribution in [1.29, 1.82) is 0 Å². The summed E-state index contributed by atoms with van der Waals surface area (Å²) < 4.78 is 9.89. The van der Waals surface area contributed by atoms with Crippen LogP contribution >= 0.6 is 0 Å². The molecule has 1 aliphatic rings. The predicted octanol–water partition coefficient (Wildman–Crippen LogP) is 1.37. The normalized spacial score (nSPS) is 14.3. The van der Waals surface area contributed by atoms with Gasteiger partial charge in [0.2, 0.25) is 5.91 Å². The van der Waals surface area contributed by atoms with Crippen LogP contribution in [0.2, 0.25) is 0 Å². The lowest BCUT2D eigenvalue weighted by molar-refractivity contribution is -0.138. The SMILES string of the molecule is CCOC(=O)N1CCN(C(=O)C(CCC(=O)O)c2nc3ccccc3c(C(=O)OC)c2C(N)=O)CC1. The van der Waals surface area contributed by atoms with Crippen LogP contribution in [0.1, 0.15) is 52.1 Å². The second kappa shape index (κ2) is 11.5. The summed E-state index contributed by atoms with van der Waals surface area (Å²) in [7, 11) is 1.15. The van der Waals surface area contributed by atoms with Crippen LogP contribution in [0.25, 0.3) is 10.9 Å². The van der Waals surface area contributed by atoms with Gasteiger partial charge in [0.1, 0.15) is 0 Å². The van der Waals surface area contributed by atoms with Crippen molar-refractivity contribution in [2.24, 2.45) is 5.73 Å². The first-order valence-electron chi connectivity index (χ1n) is 11.4. The highest BCUT2D eigenvalue weighted by Crippen LogP contribution is 2.32. The fourth-order valence-electron chi connectivity index (χ4n) is 4.24. The van der Waals surface area contributed by atoms with Crippen LogP contribution in [0.15, 0.2) is 24.3 Å². The number of piperazine rings is 1. The third-order valence-electron chi connectivity index (χ3n) is 5.95. The van der Waals surface area contributed by atoms with Crippen LogP contribution in [0.5, 0.6) is 0 Å². The average Bonchev–Trinajstić information content (AvgIpc) is 2.87. The summed E-state index contributed by atoms with van der Waals surface area (Å²) >= 11 is 0. The van der Waals surface area contributed by atoms with E-state index in [1.807, 2.05) is 0 Å². The molecule has 3 rings (SSSR count). The molecule has 0 radical (unpaired) electrons. The number of aliphatic carboxylic acids is 1. The number of nitrogens with zero attached hydrogens (tertiary/aromatic N) is 3. The number of amides is 3. The maximum atomic E-state index is 13.7. The molecule has 2 aromatic rings. The van der Waals surface area contributed by atoms with E-state index in [4.69, 9.17) is 15.2 Å². The third-order valence-corrected chi connectivity index (χ3v) is 5.95. The number of hydrogen-bond acceptors (Lipinski definition) is 8. The van der Waals surface area contributed by atoms with Crippen molar-refractivity contribution in [2.45, 2.75) is 25.7 Å². The van der Waals surface area contributed by atoms with E-state index in [2.05, 4.69) is 4.98 Å². The van der Waals surface area contributed by atoms with Gasteiger partial charge in [-0.25, -0.2) is 9.59 Å². The topological polar surface area (TPSA) is 169 Å². The molecule has 1 aromatic heterocycles. The van der Waals surface area contributed by atoms with Gasteiger partial charge in [-0.1, -0.05) is 18.2 Å². The molecule has 36 heavy (non-hydrogen) atoms. The molecule has 12 heteroatoms. The Kier molecular flexibility index (Phi) is 8.41. The minimum atomic E-state index is -1.18. The highest BCUT2D eigenvalue weighted by Gasteiger charge is 2.36. The maximum absolute atomic E-state index is 13.7. The van der Waals surface area contributed by atoms with Crippen molar-refractivity contribution in [3.8, 4) is 0 Å². The van der Waals surface area contributed by atoms with Gasteiger partial charge in [0.25, 0.3) is 5.91 Å². The van der Waals surface area contributed by atoms with Crippen LogP contribution in [0.3, 0.4) is 0 Å². The predicted molar refractivity (Wildman–Crippen MR) is 126 cm³/mol. The standard InChI is InChI=1S/C24H28N4O8/c1-3-36-24(34)28-12-10-27(11-13-28)22(32)15(8-9-17(29)30)20-19(21(25)31)18(23(33)35-2)14-6-4-5-7-16(14)26-20/h4-7,15H,3,8-13H2,1-2H3,(H2,25,31)(H,29,30). The Labute approximate surface area is 206 Å². The van der Waals surface area contributed by atoms with E-state index in [1.54, 1.807) is 31.2 Å². The number of ether oxygens (including phenoxy) is 2. The Morgan fingerprint density at radius 3 is 2.28 bits per heavy atom. The zero-order valence-electron chi connectivity index (χ0n) is 20.1. The van der Waals surface area contributed by atoms with E-state index < -0.39 is 35.8 Å². The summed E-state index contributed by atoms with van der Waals surface area (Å²) in [5.41, 5.74) is 5.48. The number of hydrogen-bond donors (Lipinski definition) is 2. The maximum Gasteiger partial charge on any atom is 0.409 e. The number of esters is 1. The first-order valence-corrected chi connectivity index (χ1v) is 11.4. The number of para-hydroxylation sites is 1. The number of nitrogens with two attached hydrogens (primary N) is 1. The number of carboxylic acid groups (broad SMARTS) is 1. The number of primary amides is 1. The third kappa shape index (κ3) is 5.53. The summed E-state index contributed by atoms with van der Waals surface area (Å²) in [5, 5.41) is 9.62. The number of rotatable bonds is 8. The van der Waals surface area contributed by atoms with Crippen LogP contribution in [-0.2, 0) is 19.1 Å².